The van der Waals surface area contributed by atoms with Crippen molar-refractivity contribution in [2.24, 2.45) is 0 Å². The Hall–Kier alpha value is -3.17. The summed E-state index contributed by atoms with van der Waals surface area (Å²) in [6.07, 6.45) is 1.20. The SMILES string of the molecule is N#Cc1ccc([C@@H](c2cccc(-c3nnc(N)o3)c2)N2CCC2)cc1. The van der Waals surface area contributed by atoms with Crippen molar-refractivity contribution in [1.29, 1.82) is 5.26 Å². The highest BCUT2D eigenvalue weighted by Crippen LogP contribution is 2.34. The normalized spacial score (nSPS) is 15.3. The van der Waals surface area contributed by atoms with Crippen LogP contribution in [0, 0.1) is 11.3 Å². The summed E-state index contributed by atoms with van der Waals surface area (Å²) in [5, 5.41) is 16.7. The lowest BCUT2D eigenvalue weighted by Gasteiger charge is -2.39. The highest BCUT2D eigenvalue weighted by Gasteiger charge is 2.27. The molecule has 1 aliphatic heterocycles. The molecule has 2 aromatic carbocycles. The molecular formula is C19H17N5O. The van der Waals surface area contributed by atoms with Gasteiger partial charge >= 0.3 is 6.01 Å². The third-order valence-corrected chi connectivity index (χ3v) is 4.50. The van der Waals surface area contributed by atoms with E-state index in [0.29, 0.717) is 11.5 Å². The van der Waals surface area contributed by atoms with Gasteiger partial charge in [0.1, 0.15) is 0 Å². The molecule has 2 N–H and O–H groups in total. The smallest absolute Gasteiger partial charge is 0.313 e. The molecular weight excluding hydrogens is 314 g/mol. The molecule has 0 spiro atoms. The molecule has 6 nitrogen and oxygen atoms in total. The van der Waals surface area contributed by atoms with Crippen molar-refractivity contribution >= 4 is 6.01 Å². The Kier molecular flexibility index (Phi) is 3.92. The maximum absolute atomic E-state index is 9.02. The van der Waals surface area contributed by atoms with Crippen molar-refractivity contribution in [1.82, 2.24) is 15.1 Å². The second-order valence-corrected chi connectivity index (χ2v) is 6.10. The molecule has 0 radical (unpaired) electrons. The van der Waals surface area contributed by atoms with Crippen LogP contribution in [0.3, 0.4) is 0 Å². The van der Waals surface area contributed by atoms with Crippen molar-refractivity contribution in [3.63, 3.8) is 0 Å². The number of anilines is 1. The predicted octanol–water partition coefficient (Wildman–Crippen LogP) is 2.99. The van der Waals surface area contributed by atoms with Crippen molar-refractivity contribution < 1.29 is 4.42 Å². The first kappa shape index (κ1) is 15.4. The Labute approximate surface area is 145 Å². The van der Waals surface area contributed by atoms with E-state index in [0.717, 1.165) is 24.2 Å². The van der Waals surface area contributed by atoms with Gasteiger partial charge in [-0.25, -0.2) is 0 Å². The van der Waals surface area contributed by atoms with E-state index in [1.54, 1.807) is 0 Å². The van der Waals surface area contributed by atoms with Crippen molar-refractivity contribution in [2.45, 2.75) is 12.5 Å². The van der Waals surface area contributed by atoms with E-state index < -0.39 is 0 Å². The Bertz CT molecular complexity index is 921. The molecule has 6 heteroatoms. The number of hydrogen-bond acceptors (Lipinski definition) is 6. The second-order valence-electron chi connectivity index (χ2n) is 6.10. The number of likely N-dealkylation sites (tertiary alicyclic amines) is 1. The summed E-state index contributed by atoms with van der Waals surface area (Å²) in [7, 11) is 0. The van der Waals surface area contributed by atoms with Gasteiger partial charge in [0.05, 0.1) is 17.7 Å². The largest absolute Gasteiger partial charge is 0.404 e. The molecule has 1 saturated heterocycles. The van der Waals surface area contributed by atoms with Crippen LogP contribution in [0.4, 0.5) is 6.01 Å². The zero-order chi connectivity index (χ0) is 17.2. The average Bonchev–Trinajstić information content (AvgIpc) is 3.05. The Morgan fingerprint density at radius 3 is 2.48 bits per heavy atom. The quantitative estimate of drug-likeness (QED) is 0.790. The van der Waals surface area contributed by atoms with E-state index in [-0.39, 0.29) is 12.1 Å². The monoisotopic (exact) mass is 331 g/mol. The predicted molar refractivity (Wildman–Crippen MR) is 93.3 cm³/mol. The fraction of sp³-hybridized carbons (Fsp3) is 0.211. The average molecular weight is 331 g/mol. The van der Waals surface area contributed by atoms with Crippen LogP contribution in [-0.4, -0.2) is 28.2 Å². The minimum Gasteiger partial charge on any atom is -0.404 e. The fourth-order valence-corrected chi connectivity index (χ4v) is 3.15. The van der Waals surface area contributed by atoms with Gasteiger partial charge in [-0.1, -0.05) is 29.4 Å². The number of nitriles is 1. The van der Waals surface area contributed by atoms with Crippen LogP contribution < -0.4 is 5.73 Å². The minimum absolute atomic E-state index is 0.0618. The lowest BCUT2D eigenvalue weighted by atomic mass is 9.93. The molecule has 0 aliphatic carbocycles. The van der Waals surface area contributed by atoms with E-state index in [9.17, 15) is 0 Å². The highest BCUT2D eigenvalue weighted by molar-refractivity contribution is 5.55. The number of rotatable bonds is 4. The lowest BCUT2D eigenvalue weighted by Crippen LogP contribution is -2.40. The van der Waals surface area contributed by atoms with Crippen molar-refractivity contribution in [3.8, 4) is 17.5 Å². The van der Waals surface area contributed by atoms with E-state index in [2.05, 4.69) is 33.3 Å². The van der Waals surface area contributed by atoms with Crippen LogP contribution in [-0.2, 0) is 0 Å². The van der Waals surface area contributed by atoms with Crippen LogP contribution in [0.15, 0.2) is 52.9 Å². The van der Waals surface area contributed by atoms with Crippen molar-refractivity contribution in [2.75, 3.05) is 18.8 Å². The fourth-order valence-electron chi connectivity index (χ4n) is 3.15. The first-order valence-corrected chi connectivity index (χ1v) is 8.18. The van der Waals surface area contributed by atoms with Crippen LogP contribution >= 0.6 is 0 Å². The molecule has 1 aromatic heterocycles. The minimum atomic E-state index is 0.0618. The van der Waals surface area contributed by atoms with Gasteiger partial charge in [-0.3, -0.25) is 4.90 Å². The van der Waals surface area contributed by atoms with Gasteiger partial charge in [0.25, 0.3) is 0 Å². The van der Waals surface area contributed by atoms with Gasteiger partial charge in [0.15, 0.2) is 0 Å². The summed E-state index contributed by atoms with van der Waals surface area (Å²) in [6, 6.07) is 18.2. The molecule has 124 valence electrons. The van der Waals surface area contributed by atoms with Crippen LogP contribution in [0.2, 0.25) is 0 Å². The van der Waals surface area contributed by atoms with Gasteiger partial charge in [0.2, 0.25) is 5.89 Å². The second kappa shape index (κ2) is 6.38. The van der Waals surface area contributed by atoms with Crippen LogP contribution in [0.1, 0.15) is 29.2 Å². The standard InChI is InChI=1S/C19H17N5O/c20-12-13-5-7-14(8-6-13)17(24-9-2-10-24)15-3-1-4-16(11-15)18-22-23-19(21)25-18/h1,3-8,11,17H,2,9-10H2,(H2,21,23)/t17-/m0/s1. The molecule has 0 unspecified atom stereocenters. The molecule has 25 heavy (non-hydrogen) atoms. The number of benzene rings is 2. The molecule has 1 fully saturated rings. The first-order chi connectivity index (χ1) is 12.2. The zero-order valence-corrected chi connectivity index (χ0v) is 13.6. The van der Waals surface area contributed by atoms with E-state index in [1.165, 1.54) is 12.0 Å². The molecule has 1 aliphatic rings. The Morgan fingerprint density at radius 2 is 1.88 bits per heavy atom. The number of nitrogens with two attached hydrogens (primary N) is 1. The molecule has 0 bridgehead atoms. The molecule has 3 aromatic rings. The van der Waals surface area contributed by atoms with E-state index >= 15 is 0 Å². The number of nitrogen functional groups attached to an aromatic ring is 1. The maximum Gasteiger partial charge on any atom is 0.313 e. The highest BCUT2D eigenvalue weighted by atomic mass is 16.4. The Balaban J connectivity index is 1.73. The third kappa shape index (κ3) is 2.97. The first-order valence-electron chi connectivity index (χ1n) is 8.18. The third-order valence-electron chi connectivity index (χ3n) is 4.50. The lowest BCUT2D eigenvalue weighted by molar-refractivity contribution is 0.140. The van der Waals surface area contributed by atoms with Gasteiger partial charge in [-0.15, -0.1) is 5.10 Å². The molecule has 4 rings (SSSR count). The summed E-state index contributed by atoms with van der Waals surface area (Å²) in [4.78, 5) is 2.42. The van der Waals surface area contributed by atoms with Crippen molar-refractivity contribution in [3.05, 3.63) is 65.2 Å². The van der Waals surface area contributed by atoms with Crippen LogP contribution in [0.5, 0.6) is 0 Å². The summed E-state index contributed by atoms with van der Waals surface area (Å²) in [6.45, 7) is 2.12. The maximum atomic E-state index is 9.02. The molecule has 0 saturated carbocycles. The van der Waals surface area contributed by atoms with Gasteiger partial charge in [-0.2, -0.15) is 5.26 Å². The van der Waals surface area contributed by atoms with Gasteiger partial charge in [-0.05, 0) is 41.8 Å². The zero-order valence-electron chi connectivity index (χ0n) is 13.6. The summed E-state index contributed by atoms with van der Waals surface area (Å²) in [5.41, 5.74) is 9.37. The number of hydrogen-bond donors (Lipinski definition) is 1. The van der Waals surface area contributed by atoms with E-state index in [1.807, 2.05) is 36.4 Å². The van der Waals surface area contributed by atoms with E-state index in [4.69, 9.17) is 15.4 Å². The summed E-state index contributed by atoms with van der Waals surface area (Å²) in [5.74, 6) is 0.418. The molecule has 1 atom stereocenters. The van der Waals surface area contributed by atoms with Gasteiger partial charge < -0.3 is 10.2 Å². The molecule has 0 amide bonds. The number of nitrogens with zero attached hydrogens (tertiary/aromatic N) is 4. The van der Waals surface area contributed by atoms with Gasteiger partial charge in [0, 0.05) is 18.7 Å². The topological polar surface area (TPSA) is 92.0 Å². The van der Waals surface area contributed by atoms with Crippen LogP contribution in [0.25, 0.3) is 11.5 Å². The number of aromatic nitrogens is 2. The Morgan fingerprint density at radius 1 is 1.08 bits per heavy atom. The summed E-state index contributed by atoms with van der Waals surface area (Å²) >= 11 is 0. The molecule has 2 heterocycles. The summed E-state index contributed by atoms with van der Waals surface area (Å²) < 4.78 is 5.35.